The Kier molecular flexibility index (Phi) is 9.77. The summed E-state index contributed by atoms with van der Waals surface area (Å²) in [5, 5.41) is 8.72. The number of nitrogens with zero attached hydrogens (tertiary/aromatic N) is 1. The summed E-state index contributed by atoms with van der Waals surface area (Å²) in [5.74, 6) is 0. The van der Waals surface area contributed by atoms with E-state index in [1.165, 1.54) is 66.1 Å². The van der Waals surface area contributed by atoms with Gasteiger partial charge in [0.1, 0.15) is 0 Å². The highest BCUT2D eigenvalue weighted by Gasteiger charge is 2.17. The SMILES string of the molecule is CCCC(=Nc1ccccc1Nc1cccc(-c2c3ccccc3c(-c3ccc(-c4ccccc4)cc3)c3ccccc23)c1)c1cccc(-c2ccccc2)c1. The molecule has 268 valence electrons. The minimum absolute atomic E-state index is 0.884. The van der Waals surface area contributed by atoms with Gasteiger partial charge in [-0.05, 0) is 108 Å². The number of nitrogens with one attached hydrogen (secondary N) is 1. The Morgan fingerprint density at radius 3 is 1.54 bits per heavy atom. The van der Waals surface area contributed by atoms with Crippen molar-refractivity contribution in [3.05, 3.63) is 212 Å². The third-order valence-corrected chi connectivity index (χ3v) is 10.6. The van der Waals surface area contributed by atoms with Gasteiger partial charge in [0.25, 0.3) is 0 Å². The molecule has 9 aromatic carbocycles. The molecule has 0 aromatic heterocycles. The van der Waals surface area contributed by atoms with E-state index < -0.39 is 0 Å². The van der Waals surface area contributed by atoms with Crippen molar-refractivity contribution >= 4 is 44.3 Å². The van der Waals surface area contributed by atoms with Gasteiger partial charge in [-0.2, -0.15) is 0 Å². The summed E-state index contributed by atoms with van der Waals surface area (Å²) in [7, 11) is 0. The summed E-state index contributed by atoms with van der Waals surface area (Å²) >= 11 is 0. The zero-order chi connectivity index (χ0) is 37.7. The van der Waals surface area contributed by atoms with E-state index in [0.29, 0.717) is 0 Å². The summed E-state index contributed by atoms with van der Waals surface area (Å²) in [4.78, 5) is 5.33. The van der Waals surface area contributed by atoms with Gasteiger partial charge in [0.15, 0.2) is 0 Å². The highest BCUT2D eigenvalue weighted by atomic mass is 14.9. The number of fused-ring (bicyclic) bond motifs is 2. The van der Waals surface area contributed by atoms with Crippen LogP contribution in [-0.2, 0) is 0 Å². The number of benzene rings is 9. The van der Waals surface area contributed by atoms with Crippen molar-refractivity contribution in [2.45, 2.75) is 19.8 Å². The standard InChI is InChI=1S/C54H42N2/c1-2-17-50(43-23-15-22-42(36-43)39-20-7-4-8-21-39)56-52-31-14-13-30-51(52)55-45-25-16-24-44(37-45)54-48-28-11-9-26-46(48)53(47-27-10-12-29-49(47)54)41-34-32-40(33-35-41)38-18-5-3-6-19-38/h3-16,18-37,55H,2,17H2,1H3. The lowest BCUT2D eigenvalue weighted by Gasteiger charge is -2.18. The van der Waals surface area contributed by atoms with Gasteiger partial charge in [-0.25, -0.2) is 0 Å². The van der Waals surface area contributed by atoms with Crippen LogP contribution < -0.4 is 5.32 Å². The first-order valence-electron chi connectivity index (χ1n) is 19.5. The predicted molar refractivity (Wildman–Crippen MR) is 240 cm³/mol. The van der Waals surface area contributed by atoms with E-state index >= 15 is 0 Å². The fourth-order valence-corrected chi connectivity index (χ4v) is 7.95. The fraction of sp³-hybridized carbons (Fsp3) is 0.0556. The smallest absolute Gasteiger partial charge is 0.0868 e. The molecule has 0 atom stereocenters. The number of para-hydroxylation sites is 2. The first kappa shape index (κ1) is 34.7. The van der Waals surface area contributed by atoms with E-state index in [4.69, 9.17) is 4.99 Å². The minimum atomic E-state index is 0.884. The Balaban J connectivity index is 1.10. The zero-order valence-corrected chi connectivity index (χ0v) is 31.5. The first-order chi connectivity index (χ1) is 27.7. The second-order valence-corrected chi connectivity index (χ2v) is 14.3. The third kappa shape index (κ3) is 7.01. The van der Waals surface area contributed by atoms with Crippen LogP contribution in [0.15, 0.2) is 211 Å². The average Bonchev–Trinajstić information content (AvgIpc) is 3.27. The van der Waals surface area contributed by atoms with E-state index in [9.17, 15) is 0 Å². The van der Waals surface area contributed by atoms with Crippen LogP contribution in [0.2, 0.25) is 0 Å². The molecule has 9 aromatic rings. The lowest BCUT2D eigenvalue weighted by atomic mass is 9.85. The van der Waals surface area contributed by atoms with Crippen molar-refractivity contribution in [1.29, 1.82) is 0 Å². The van der Waals surface area contributed by atoms with Gasteiger partial charge in [0.05, 0.1) is 11.4 Å². The van der Waals surface area contributed by atoms with Crippen molar-refractivity contribution in [2.75, 3.05) is 5.32 Å². The third-order valence-electron chi connectivity index (χ3n) is 10.6. The first-order valence-corrected chi connectivity index (χ1v) is 19.5. The average molecular weight is 719 g/mol. The van der Waals surface area contributed by atoms with Crippen molar-refractivity contribution in [3.63, 3.8) is 0 Å². The molecule has 0 radical (unpaired) electrons. The van der Waals surface area contributed by atoms with E-state index in [1.807, 2.05) is 0 Å². The molecule has 0 saturated carbocycles. The molecule has 9 rings (SSSR count). The molecule has 0 spiro atoms. The molecule has 0 heterocycles. The summed E-state index contributed by atoms with van der Waals surface area (Å²) < 4.78 is 0. The van der Waals surface area contributed by atoms with Crippen LogP contribution in [0.25, 0.3) is 66.1 Å². The molecule has 0 unspecified atom stereocenters. The zero-order valence-electron chi connectivity index (χ0n) is 31.5. The number of rotatable bonds is 10. The lowest BCUT2D eigenvalue weighted by Crippen LogP contribution is -2.01. The van der Waals surface area contributed by atoms with Gasteiger partial charge in [0, 0.05) is 11.4 Å². The Bertz CT molecular complexity index is 2760. The Labute approximate surface area is 329 Å². The van der Waals surface area contributed by atoms with Gasteiger partial charge in [-0.1, -0.05) is 189 Å². The molecular formula is C54H42N2. The summed E-state index contributed by atoms with van der Waals surface area (Å²) in [6.45, 7) is 2.22. The van der Waals surface area contributed by atoms with Gasteiger partial charge in [-0.3, -0.25) is 4.99 Å². The predicted octanol–water partition coefficient (Wildman–Crippen LogP) is 15.3. The summed E-state index contributed by atoms with van der Waals surface area (Å²) in [6, 6.07) is 73.8. The van der Waals surface area contributed by atoms with Gasteiger partial charge >= 0.3 is 0 Å². The summed E-state index contributed by atoms with van der Waals surface area (Å²) in [5.41, 5.74) is 14.9. The van der Waals surface area contributed by atoms with Gasteiger partial charge in [0.2, 0.25) is 0 Å². The van der Waals surface area contributed by atoms with Crippen molar-refractivity contribution in [3.8, 4) is 44.5 Å². The van der Waals surface area contributed by atoms with Gasteiger partial charge in [-0.15, -0.1) is 0 Å². The second-order valence-electron chi connectivity index (χ2n) is 14.3. The number of anilines is 2. The molecule has 0 saturated heterocycles. The number of hydrogen-bond donors (Lipinski definition) is 1. The van der Waals surface area contributed by atoms with Crippen LogP contribution in [-0.4, -0.2) is 5.71 Å². The maximum absolute atomic E-state index is 5.33. The molecular weight excluding hydrogens is 677 g/mol. The lowest BCUT2D eigenvalue weighted by molar-refractivity contribution is 0.992. The highest BCUT2D eigenvalue weighted by Crippen LogP contribution is 2.44. The molecule has 2 nitrogen and oxygen atoms in total. The molecule has 0 aliphatic heterocycles. The Hall–Kier alpha value is -7.03. The van der Waals surface area contributed by atoms with Crippen molar-refractivity contribution in [1.82, 2.24) is 0 Å². The summed E-state index contributed by atoms with van der Waals surface area (Å²) in [6.07, 6.45) is 1.89. The number of aliphatic imine (C=N–C) groups is 1. The normalized spacial score (nSPS) is 11.6. The van der Waals surface area contributed by atoms with E-state index in [1.54, 1.807) is 0 Å². The monoisotopic (exact) mass is 718 g/mol. The minimum Gasteiger partial charge on any atom is -0.354 e. The fourth-order valence-electron chi connectivity index (χ4n) is 7.95. The molecule has 0 bridgehead atoms. The van der Waals surface area contributed by atoms with E-state index in [2.05, 4.69) is 218 Å². The maximum atomic E-state index is 5.33. The van der Waals surface area contributed by atoms with E-state index in [-0.39, 0.29) is 0 Å². The molecule has 0 amide bonds. The molecule has 1 N–H and O–H groups in total. The Morgan fingerprint density at radius 2 is 0.893 bits per heavy atom. The van der Waals surface area contributed by atoms with Gasteiger partial charge < -0.3 is 5.32 Å². The van der Waals surface area contributed by atoms with Crippen molar-refractivity contribution < 1.29 is 0 Å². The number of hydrogen-bond acceptors (Lipinski definition) is 2. The molecule has 56 heavy (non-hydrogen) atoms. The largest absolute Gasteiger partial charge is 0.354 e. The van der Waals surface area contributed by atoms with E-state index in [0.717, 1.165) is 41.2 Å². The molecule has 0 aliphatic rings. The second kappa shape index (κ2) is 15.8. The van der Waals surface area contributed by atoms with Crippen LogP contribution >= 0.6 is 0 Å². The maximum Gasteiger partial charge on any atom is 0.0868 e. The quantitative estimate of drug-likeness (QED) is 0.110. The van der Waals surface area contributed by atoms with Crippen LogP contribution in [0.4, 0.5) is 17.1 Å². The van der Waals surface area contributed by atoms with Crippen LogP contribution in [0.5, 0.6) is 0 Å². The van der Waals surface area contributed by atoms with Crippen LogP contribution in [0.1, 0.15) is 25.3 Å². The molecule has 2 heteroatoms. The highest BCUT2D eigenvalue weighted by molar-refractivity contribution is 6.21. The molecule has 0 aliphatic carbocycles. The Morgan fingerprint density at radius 1 is 0.411 bits per heavy atom. The van der Waals surface area contributed by atoms with Crippen molar-refractivity contribution in [2.24, 2.45) is 4.99 Å². The topological polar surface area (TPSA) is 24.4 Å². The van der Waals surface area contributed by atoms with Crippen LogP contribution in [0, 0.1) is 0 Å². The van der Waals surface area contributed by atoms with Crippen LogP contribution in [0.3, 0.4) is 0 Å². The molecule has 0 fully saturated rings.